The molecule has 1 heterocycles. The Kier molecular flexibility index (Phi) is 1.92. The van der Waals surface area contributed by atoms with Crippen LogP contribution in [0.5, 0.6) is 11.5 Å². The molecule has 0 amide bonds. The highest BCUT2D eigenvalue weighted by Gasteiger charge is 2.20. The third kappa shape index (κ3) is 1.08. The quantitative estimate of drug-likeness (QED) is 0.748. The number of benzene rings is 1. The summed E-state index contributed by atoms with van der Waals surface area (Å²) in [5.41, 5.74) is 6.35. The van der Waals surface area contributed by atoms with E-state index in [9.17, 15) is 0 Å². The molecule has 0 aliphatic carbocycles. The van der Waals surface area contributed by atoms with Crippen molar-refractivity contribution in [2.75, 3.05) is 12.5 Å². The maximum atomic E-state index is 5.73. The number of nitrogen functional groups attached to an aromatic ring is 1. The zero-order valence-corrected chi connectivity index (χ0v) is 9.11. The lowest BCUT2D eigenvalue weighted by Crippen LogP contribution is -1.93. The molecule has 5 heteroatoms. The minimum atomic E-state index is 0.254. The van der Waals surface area contributed by atoms with Gasteiger partial charge in [-0.2, -0.15) is 0 Å². The smallest absolute Gasteiger partial charge is 0.231 e. The van der Waals surface area contributed by atoms with E-state index in [-0.39, 0.29) is 6.79 Å². The van der Waals surface area contributed by atoms with Gasteiger partial charge in [-0.25, -0.2) is 0 Å². The van der Waals surface area contributed by atoms with Gasteiger partial charge in [0.25, 0.3) is 0 Å². The molecule has 0 radical (unpaired) electrons. The summed E-state index contributed by atoms with van der Waals surface area (Å²) in [6, 6.07) is 1.79. The molecule has 2 N–H and O–H groups in total. The first-order chi connectivity index (χ1) is 5.70. The van der Waals surface area contributed by atoms with Crippen LogP contribution in [-0.4, -0.2) is 6.79 Å². The van der Waals surface area contributed by atoms with E-state index >= 15 is 0 Å². The second-order valence-corrected chi connectivity index (χ2v) is 3.97. The van der Waals surface area contributed by atoms with E-state index in [0.717, 1.165) is 8.95 Å². The minimum absolute atomic E-state index is 0.254. The van der Waals surface area contributed by atoms with E-state index in [1.165, 1.54) is 0 Å². The SMILES string of the molecule is Nc1c(Br)cc2c(c1Br)OCO2. The van der Waals surface area contributed by atoms with E-state index in [1.807, 2.05) is 0 Å². The lowest BCUT2D eigenvalue weighted by molar-refractivity contribution is 0.173. The van der Waals surface area contributed by atoms with Crippen LogP contribution in [-0.2, 0) is 0 Å². The fourth-order valence-corrected chi connectivity index (χ4v) is 2.18. The Hall–Kier alpha value is -0.420. The molecular formula is C7H5Br2NO2. The van der Waals surface area contributed by atoms with Crippen LogP contribution in [0.4, 0.5) is 5.69 Å². The summed E-state index contributed by atoms with van der Waals surface area (Å²) in [4.78, 5) is 0. The molecular weight excluding hydrogens is 290 g/mol. The van der Waals surface area contributed by atoms with Crippen LogP contribution in [0.15, 0.2) is 15.0 Å². The van der Waals surface area contributed by atoms with E-state index < -0.39 is 0 Å². The number of anilines is 1. The van der Waals surface area contributed by atoms with Crippen molar-refractivity contribution in [3.05, 3.63) is 15.0 Å². The van der Waals surface area contributed by atoms with Gasteiger partial charge in [-0.1, -0.05) is 0 Å². The molecule has 64 valence electrons. The summed E-state index contributed by atoms with van der Waals surface area (Å²) in [6.45, 7) is 0.254. The zero-order chi connectivity index (χ0) is 8.72. The van der Waals surface area contributed by atoms with Gasteiger partial charge in [0.1, 0.15) is 0 Å². The van der Waals surface area contributed by atoms with Gasteiger partial charge in [0.05, 0.1) is 10.2 Å². The van der Waals surface area contributed by atoms with Gasteiger partial charge >= 0.3 is 0 Å². The predicted molar refractivity (Wildman–Crippen MR) is 52.4 cm³/mol. The first-order valence-corrected chi connectivity index (χ1v) is 4.82. The first-order valence-electron chi connectivity index (χ1n) is 3.23. The molecule has 0 aromatic heterocycles. The Morgan fingerprint density at radius 1 is 1.33 bits per heavy atom. The van der Waals surface area contributed by atoms with Gasteiger partial charge in [0.2, 0.25) is 6.79 Å². The summed E-state index contributed by atoms with van der Waals surface area (Å²) in [5, 5.41) is 0. The molecule has 1 aromatic rings. The standard InChI is InChI=1S/C7H5Br2NO2/c8-3-1-4-7(12-2-11-4)5(9)6(3)10/h1H,2,10H2. The molecule has 0 atom stereocenters. The van der Waals surface area contributed by atoms with Crippen molar-refractivity contribution in [1.29, 1.82) is 0 Å². The summed E-state index contributed by atoms with van der Waals surface area (Å²) < 4.78 is 11.9. The fourth-order valence-electron chi connectivity index (χ4n) is 0.987. The number of hydrogen-bond acceptors (Lipinski definition) is 3. The summed E-state index contributed by atoms with van der Waals surface area (Å²) in [5.74, 6) is 1.39. The van der Waals surface area contributed by atoms with Gasteiger partial charge in [-0.15, -0.1) is 0 Å². The van der Waals surface area contributed by atoms with Gasteiger partial charge in [-0.3, -0.25) is 0 Å². The molecule has 0 spiro atoms. The molecule has 1 aliphatic heterocycles. The topological polar surface area (TPSA) is 44.5 Å². The van der Waals surface area contributed by atoms with E-state index in [0.29, 0.717) is 17.2 Å². The molecule has 0 saturated carbocycles. The maximum absolute atomic E-state index is 5.73. The van der Waals surface area contributed by atoms with Crippen LogP contribution >= 0.6 is 31.9 Å². The van der Waals surface area contributed by atoms with Gasteiger partial charge in [0, 0.05) is 10.5 Å². The van der Waals surface area contributed by atoms with Crippen molar-refractivity contribution in [2.24, 2.45) is 0 Å². The molecule has 0 unspecified atom stereocenters. The highest BCUT2D eigenvalue weighted by molar-refractivity contribution is 9.11. The van der Waals surface area contributed by atoms with Gasteiger partial charge < -0.3 is 15.2 Å². The van der Waals surface area contributed by atoms with Crippen LogP contribution in [0.3, 0.4) is 0 Å². The predicted octanol–water partition coefficient (Wildman–Crippen LogP) is 2.52. The Morgan fingerprint density at radius 3 is 2.83 bits per heavy atom. The highest BCUT2D eigenvalue weighted by atomic mass is 79.9. The lowest BCUT2D eigenvalue weighted by atomic mass is 10.3. The second-order valence-electron chi connectivity index (χ2n) is 2.32. The second kappa shape index (κ2) is 2.81. The molecule has 1 aliphatic rings. The number of rotatable bonds is 0. The number of ether oxygens (including phenoxy) is 2. The van der Waals surface area contributed by atoms with E-state index in [1.54, 1.807) is 6.07 Å². The van der Waals surface area contributed by atoms with E-state index in [4.69, 9.17) is 15.2 Å². The molecule has 12 heavy (non-hydrogen) atoms. The highest BCUT2D eigenvalue weighted by Crippen LogP contribution is 2.45. The molecule has 0 saturated heterocycles. The monoisotopic (exact) mass is 293 g/mol. The van der Waals surface area contributed by atoms with Crippen molar-refractivity contribution < 1.29 is 9.47 Å². The first kappa shape index (κ1) is 8.19. The van der Waals surface area contributed by atoms with Crippen molar-refractivity contribution in [3.63, 3.8) is 0 Å². The zero-order valence-electron chi connectivity index (χ0n) is 5.93. The summed E-state index contributed by atoms with van der Waals surface area (Å²) >= 11 is 6.63. The van der Waals surface area contributed by atoms with Crippen molar-refractivity contribution in [3.8, 4) is 11.5 Å². The van der Waals surface area contributed by atoms with Crippen LogP contribution in [0.1, 0.15) is 0 Å². The van der Waals surface area contributed by atoms with Crippen molar-refractivity contribution >= 4 is 37.5 Å². The minimum Gasteiger partial charge on any atom is -0.454 e. The Labute approximate surface area is 86.1 Å². The number of nitrogens with two attached hydrogens (primary N) is 1. The van der Waals surface area contributed by atoms with Gasteiger partial charge in [-0.05, 0) is 31.9 Å². The number of halogens is 2. The number of hydrogen-bond donors (Lipinski definition) is 1. The largest absolute Gasteiger partial charge is 0.454 e. The average molecular weight is 295 g/mol. The molecule has 3 nitrogen and oxygen atoms in total. The summed E-state index contributed by atoms with van der Waals surface area (Å²) in [7, 11) is 0. The van der Waals surface area contributed by atoms with Crippen molar-refractivity contribution in [1.82, 2.24) is 0 Å². The normalized spacial score (nSPS) is 13.5. The molecule has 2 rings (SSSR count). The van der Waals surface area contributed by atoms with Crippen LogP contribution in [0.2, 0.25) is 0 Å². The molecule has 0 fully saturated rings. The van der Waals surface area contributed by atoms with Crippen molar-refractivity contribution in [2.45, 2.75) is 0 Å². The maximum Gasteiger partial charge on any atom is 0.231 e. The Bertz CT molecular complexity index is 341. The third-order valence-corrected chi connectivity index (χ3v) is 3.04. The third-order valence-electron chi connectivity index (χ3n) is 1.59. The Morgan fingerprint density at radius 2 is 2.08 bits per heavy atom. The van der Waals surface area contributed by atoms with E-state index in [2.05, 4.69) is 31.9 Å². The average Bonchev–Trinajstić information content (AvgIpc) is 2.48. The number of fused-ring (bicyclic) bond motifs is 1. The summed E-state index contributed by atoms with van der Waals surface area (Å²) in [6.07, 6.45) is 0. The molecule has 1 aromatic carbocycles. The fraction of sp³-hybridized carbons (Fsp3) is 0.143. The Balaban J connectivity index is 2.67. The van der Waals surface area contributed by atoms with Crippen LogP contribution < -0.4 is 15.2 Å². The van der Waals surface area contributed by atoms with Gasteiger partial charge in [0.15, 0.2) is 11.5 Å². The van der Waals surface area contributed by atoms with Crippen LogP contribution in [0.25, 0.3) is 0 Å². The van der Waals surface area contributed by atoms with Crippen LogP contribution in [0, 0.1) is 0 Å². The lowest BCUT2D eigenvalue weighted by Gasteiger charge is -2.04. The molecule has 0 bridgehead atoms.